The number of para-hydroxylation sites is 1. The van der Waals surface area contributed by atoms with Gasteiger partial charge in [-0.3, -0.25) is 19.7 Å². The SMILES string of the molecule is O=C(CSCCC1NC(C(=O)O)CS1)OCCCC(=O)Oc1ccccc1C(=O)O. The predicted molar refractivity (Wildman–Crippen MR) is 112 cm³/mol. The number of aliphatic carboxylic acids is 1. The Bertz CT molecular complexity index is 773. The zero-order valence-corrected chi connectivity index (χ0v) is 17.7. The number of ether oxygens (including phenoxy) is 2. The highest BCUT2D eigenvalue weighted by molar-refractivity contribution is 8.00. The van der Waals surface area contributed by atoms with Crippen molar-refractivity contribution in [2.75, 3.05) is 23.9 Å². The van der Waals surface area contributed by atoms with E-state index in [1.165, 1.54) is 30.0 Å². The Hall–Kier alpha value is -2.24. The number of rotatable bonds is 12. The first-order valence-corrected chi connectivity index (χ1v) is 11.4. The van der Waals surface area contributed by atoms with Gasteiger partial charge in [-0.25, -0.2) is 4.79 Å². The molecule has 1 saturated heterocycles. The monoisotopic (exact) mass is 457 g/mol. The average Bonchev–Trinajstić information content (AvgIpc) is 3.18. The molecule has 2 rings (SSSR count). The van der Waals surface area contributed by atoms with Crippen LogP contribution < -0.4 is 10.1 Å². The van der Waals surface area contributed by atoms with Crippen LogP contribution in [0.3, 0.4) is 0 Å². The van der Waals surface area contributed by atoms with Crippen LogP contribution in [0.1, 0.15) is 29.6 Å². The molecule has 1 heterocycles. The molecule has 0 saturated carbocycles. The second kappa shape index (κ2) is 12.5. The van der Waals surface area contributed by atoms with Crippen molar-refractivity contribution in [3.63, 3.8) is 0 Å². The Balaban J connectivity index is 1.53. The first-order valence-electron chi connectivity index (χ1n) is 9.23. The van der Waals surface area contributed by atoms with E-state index in [0.29, 0.717) is 11.5 Å². The summed E-state index contributed by atoms with van der Waals surface area (Å²) in [5.74, 6) is -1.64. The number of hydrogen-bond acceptors (Lipinski definition) is 9. The number of thioether (sulfide) groups is 2. The maximum atomic E-state index is 11.8. The van der Waals surface area contributed by atoms with E-state index in [4.69, 9.17) is 19.7 Å². The number of carbonyl (C=O) groups is 4. The Morgan fingerprint density at radius 1 is 1.17 bits per heavy atom. The van der Waals surface area contributed by atoms with Crippen LogP contribution in [-0.2, 0) is 19.1 Å². The Kier molecular flexibility index (Phi) is 9.98. The normalized spacial score (nSPS) is 18.0. The maximum absolute atomic E-state index is 11.8. The number of carboxylic acid groups (broad SMARTS) is 2. The standard InChI is InChI=1S/C19H23NO8S2/c21-16(28-14-5-2-1-4-12(14)18(23)24)6-3-8-27-17(22)11-29-9-7-15-20-13(10-30-15)19(25)26/h1-2,4-5,13,15,20H,3,6-11H2,(H,23,24)(H,25,26). The zero-order chi connectivity index (χ0) is 21.9. The molecule has 2 unspecified atom stereocenters. The van der Waals surface area contributed by atoms with E-state index in [0.717, 1.165) is 6.42 Å². The van der Waals surface area contributed by atoms with E-state index in [9.17, 15) is 19.2 Å². The first kappa shape index (κ1) is 24.0. The third-order valence-electron chi connectivity index (χ3n) is 4.02. The molecule has 1 fully saturated rings. The number of carbonyl (C=O) groups excluding carboxylic acids is 2. The van der Waals surface area contributed by atoms with E-state index in [1.54, 1.807) is 17.8 Å². The van der Waals surface area contributed by atoms with Gasteiger partial charge in [0.15, 0.2) is 0 Å². The van der Waals surface area contributed by atoms with Crippen molar-refractivity contribution in [1.29, 1.82) is 0 Å². The van der Waals surface area contributed by atoms with E-state index in [2.05, 4.69) is 5.32 Å². The van der Waals surface area contributed by atoms with Gasteiger partial charge in [-0.05, 0) is 30.7 Å². The molecule has 1 aliphatic heterocycles. The molecule has 0 radical (unpaired) electrons. The van der Waals surface area contributed by atoms with Crippen LogP contribution in [-0.4, -0.2) is 69.4 Å². The minimum absolute atomic E-state index is 0.0102. The number of benzene rings is 1. The summed E-state index contributed by atoms with van der Waals surface area (Å²) in [6.07, 6.45) is 1.00. The molecule has 2 atom stereocenters. The smallest absolute Gasteiger partial charge is 0.339 e. The number of hydrogen-bond donors (Lipinski definition) is 3. The van der Waals surface area contributed by atoms with Gasteiger partial charge in [0, 0.05) is 12.2 Å². The summed E-state index contributed by atoms with van der Waals surface area (Å²) in [5, 5.41) is 21.1. The summed E-state index contributed by atoms with van der Waals surface area (Å²) in [6.45, 7) is 0.0649. The van der Waals surface area contributed by atoms with Gasteiger partial charge in [0.1, 0.15) is 17.4 Å². The molecule has 3 N–H and O–H groups in total. The molecule has 0 aliphatic carbocycles. The number of nitrogens with one attached hydrogen (secondary N) is 1. The summed E-state index contributed by atoms with van der Waals surface area (Å²) in [4.78, 5) is 45.5. The average molecular weight is 458 g/mol. The fourth-order valence-electron chi connectivity index (χ4n) is 2.54. The van der Waals surface area contributed by atoms with Gasteiger partial charge in [0.05, 0.1) is 17.7 Å². The van der Waals surface area contributed by atoms with Gasteiger partial charge in [-0.1, -0.05) is 12.1 Å². The quantitative estimate of drug-likeness (QED) is 0.241. The fourth-order valence-corrected chi connectivity index (χ4v) is 4.69. The van der Waals surface area contributed by atoms with Gasteiger partial charge in [-0.2, -0.15) is 11.8 Å². The summed E-state index contributed by atoms with van der Waals surface area (Å²) in [5.41, 5.74) is -0.0982. The van der Waals surface area contributed by atoms with Gasteiger partial charge >= 0.3 is 23.9 Å². The fraction of sp³-hybridized carbons (Fsp3) is 0.474. The van der Waals surface area contributed by atoms with Crippen LogP contribution in [0.2, 0.25) is 0 Å². The van der Waals surface area contributed by atoms with E-state index >= 15 is 0 Å². The lowest BCUT2D eigenvalue weighted by atomic mass is 10.2. The highest BCUT2D eigenvalue weighted by Gasteiger charge is 2.28. The lowest BCUT2D eigenvalue weighted by Crippen LogP contribution is -2.36. The molecule has 0 aromatic heterocycles. The summed E-state index contributed by atoms with van der Waals surface area (Å²) in [7, 11) is 0. The van der Waals surface area contributed by atoms with Crippen molar-refractivity contribution >= 4 is 47.4 Å². The molecule has 1 aromatic carbocycles. The van der Waals surface area contributed by atoms with E-state index in [1.807, 2.05) is 0 Å². The third-order valence-corrected chi connectivity index (χ3v) is 6.29. The van der Waals surface area contributed by atoms with Crippen molar-refractivity contribution in [3.8, 4) is 5.75 Å². The van der Waals surface area contributed by atoms with E-state index < -0.39 is 23.9 Å². The summed E-state index contributed by atoms with van der Waals surface area (Å²) < 4.78 is 10.1. The summed E-state index contributed by atoms with van der Waals surface area (Å²) >= 11 is 2.97. The largest absolute Gasteiger partial charge is 0.480 e. The van der Waals surface area contributed by atoms with Crippen molar-refractivity contribution < 1.29 is 38.9 Å². The second-order valence-corrected chi connectivity index (χ2v) is 8.66. The highest BCUT2D eigenvalue weighted by atomic mass is 32.2. The first-order chi connectivity index (χ1) is 14.4. The third kappa shape index (κ3) is 8.25. The molecule has 1 aliphatic rings. The molecule has 0 spiro atoms. The minimum Gasteiger partial charge on any atom is -0.480 e. The molecule has 11 heteroatoms. The molecule has 9 nitrogen and oxygen atoms in total. The van der Waals surface area contributed by atoms with Crippen molar-refractivity contribution in [3.05, 3.63) is 29.8 Å². The highest BCUT2D eigenvalue weighted by Crippen LogP contribution is 2.23. The maximum Gasteiger partial charge on any atom is 0.339 e. The topological polar surface area (TPSA) is 139 Å². The van der Waals surface area contributed by atoms with Crippen LogP contribution in [0.25, 0.3) is 0 Å². The minimum atomic E-state index is -1.19. The van der Waals surface area contributed by atoms with Crippen LogP contribution in [0.15, 0.2) is 24.3 Å². The van der Waals surface area contributed by atoms with Gasteiger partial charge < -0.3 is 19.7 Å². The number of carboxylic acids is 2. The Labute approximate surface area is 181 Å². The number of esters is 2. The van der Waals surface area contributed by atoms with E-state index in [-0.39, 0.29) is 47.9 Å². The summed E-state index contributed by atoms with van der Waals surface area (Å²) in [6, 6.07) is 5.34. The van der Waals surface area contributed by atoms with Crippen LogP contribution in [0, 0.1) is 0 Å². The van der Waals surface area contributed by atoms with Gasteiger partial charge in [-0.15, -0.1) is 11.8 Å². The lowest BCUT2D eigenvalue weighted by molar-refractivity contribution is -0.142. The van der Waals surface area contributed by atoms with Crippen molar-refractivity contribution in [2.45, 2.75) is 30.7 Å². The Morgan fingerprint density at radius 2 is 1.93 bits per heavy atom. The molecule has 0 bridgehead atoms. The lowest BCUT2D eigenvalue weighted by Gasteiger charge is -2.10. The molecule has 164 valence electrons. The second-order valence-electron chi connectivity index (χ2n) is 6.32. The zero-order valence-electron chi connectivity index (χ0n) is 16.1. The molecule has 30 heavy (non-hydrogen) atoms. The van der Waals surface area contributed by atoms with Gasteiger partial charge in [0.25, 0.3) is 0 Å². The van der Waals surface area contributed by atoms with Crippen LogP contribution >= 0.6 is 23.5 Å². The van der Waals surface area contributed by atoms with Crippen molar-refractivity contribution in [2.24, 2.45) is 0 Å². The van der Waals surface area contributed by atoms with Gasteiger partial charge in [0.2, 0.25) is 0 Å². The Morgan fingerprint density at radius 3 is 2.63 bits per heavy atom. The van der Waals surface area contributed by atoms with Crippen molar-refractivity contribution in [1.82, 2.24) is 5.32 Å². The molecule has 1 aromatic rings. The predicted octanol–water partition coefficient (Wildman–Crippen LogP) is 1.85. The molecular weight excluding hydrogens is 434 g/mol. The molecule has 0 amide bonds. The molecular formula is C19H23NO8S2. The van der Waals surface area contributed by atoms with Crippen LogP contribution in [0.5, 0.6) is 5.75 Å². The number of aromatic carboxylic acids is 1. The van der Waals surface area contributed by atoms with Crippen LogP contribution in [0.4, 0.5) is 0 Å².